The van der Waals surface area contributed by atoms with Gasteiger partial charge in [-0.25, -0.2) is 19.3 Å². The number of pyridine rings is 9. The molecule has 0 radical (unpaired) electrons. The first-order chi connectivity index (χ1) is 65.6. The molecule has 31 heteroatoms. The molecule has 4 fully saturated rings. The number of aromatic nitrogens is 17. The van der Waals surface area contributed by atoms with Crippen molar-refractivity contribution >= 4 is 44.1 Å². The minimum Gasteiger partial charge on any atom is -0.386 e. The highest BCUT2D eigenvalue weighted by Gasteiger charge is 2.57. The highest BCUT2D eigenvalue weighted by Crippen LogP contribution is 2.58. The Balaban J connectivity index is 0.0000000914. The van der Waals surface area contributed by atoms with Gasteiger partial charge in [-0.05, 0) is 196 Å². The van der Waals surface area contributed by atoms with Crippen LogP contribution in [0.5, 0.6) is 0 Å². The number of fused-ring (bicyclic) bond motifs is 12. The maximum absolute atomic E-state index is 14.4. The lowest BCUT2D eigenvalue weighted by Gasteiger charge is -2.31. The summed E-state index contributed by atoms with van der Waals surface area (Å²) in [7, 11) is 1.79. The lowest BCUT2D eigenvalue weighted by atomic mass is 9.91. The fourth-order valence-electron chi connectivity index (χ4n) is 19.9. The van der Waals surface area contributed by atoms with Gasteiger partial charge in [0.2, 0.25) is 0 Å². The van der Waals surface area contributed by atoms with Gasteiger partial charge in [0.25, 0.3) is 0 Å². The van der Waals surface area contributed by atoms with Crippen LogP contribution in [0.1, 0.15) is 184 Å². The molecule has 15 aromatic heterocycles. The third-order valence-corrected chi connectivity index (χ3v) is 28.6. The normalized spacial score (nSPS) is 20.4. The highest BCUT2D eigenvalue weighted by atomic mass is 19.1. The Morgan fingerprint density at radius 3 is 1.19 bits per heavy atom. The smallest absolute Gasteiger partial charge is 0.167 e. The molecular weight excluding hydrogens is 1710 g/mol. The number of aliphatic hydroxyl groups is 6. The molecule has 6 atom stereocenters. The van der Waals surface area contributed by atoms with Gasteiger partial charge < -0.3 is 76.8 Å². The van der Waals surface area contributed by atoms with Crippen LogP contribution in [0.4, 0.5) is 4.39 Å². The largest absolute Gasteiger partial charge is 0.386 e. The van der Waals surface area contributed by atoms with Crippen molar-refractivity contribution in [2.75, 3.05) is 13.2 Å². The Morgan fingerprint density at radius 1 is 0.356 bits per heavy atom. The Hall–Kier alpha value is -13.5. The van der Waals surface area contributed by atoms with Crippen LogP contribution >= 0.6 is 0 Å². The number of aliphatic hydroxyl groups excluding tert-OH is 6. The molecule has 6 aliphatic heterocycles. The van der Waals surface area contributed by atoms with Crippen molar-refractivity contribution in [1.82, 2.24) is 82.6 Å². The number of hydrogen-bond donors (Lipinski definition) is 6. The minimum absolute atomic E-state index is 0.316. The number of imidazole rings is 3. The number of hydrogen-bond acceptors (Lipinski definition) is 25. The number of ether oxygens (including phenoxy) is 6. The first-order valence-corrected chi connectivity index (χ1v) is 45.5. The van der Waals surface area contributed by atoms with Gasteiger partial charge in [0.1, 0.15) is 65.7 Å². The quantitative estimate of drug-likeness (QED) is 0.0900. The zero-order valence-corrected chi connectivity index (χ0v) is 74.9. The summed E-state index contributed by atoms with van der Waals surface area (Å²) >= 11 is 0. The molecule has 4 saturated carbocycles. The predicted octanol–water partition coefficient (Wildman–Crippen LogP) is 16.3. The average Bonchev–Trinajstić information content (AvgIpc) is 1.60. The zero-order valence-electron chi connectivity index (χ0n) is 74.9. The number of halogens is 1. The highest BCUT2D eigenvalue weighted by molar-refractivity contribution is 5.88. The van der Waals surface area contributed by atoms with Gasteiger partial charge in [0, 0.05) is 177 Å². The summed E-state index contributed by atoms with van der Waals surface area (Å²) < 4.78 is 64.3. The summed E-state index contributed by atoms with van der Waals surface area (Å²) in [4.78, 5) is 34.6. The minimum atomic E-state index is -0.668. The van der Waals surface area contributed by atoms with Crippen LogP contribution in [0.2, 0.25) is 0 Å². The van der Waals surface area contributed by atoms with Gasteiger partial charge in [-0.3, -0.25) is 34.0 Å². The predicted molar refractivity (Wildman–Crippen MR) is 495 cm³/mol. The van der Waals surface area contributed by atoms with Gasteiger partial charge in [0.15, 0.2) is 11.2 Å². The summed E-state index contributed by atoms with van der Waals surface area (Å²) in [5.41, 5.74) is 28.2. The van der Waals surface area contributed by atoms with E-state index in [1.807, 2.05) is 137 Å². The molecule has 3 aromatic carbocycles. The number of nitrogens with zero attached hydrogens (tertiary/aromatic N) is 17. The van der Waals surface area contributed by atoms with Crippen molar-refractivity contribution in [1.29, 1.82) is 0 Å². The van der Waals surface area contributed by atoms with Crippen LogP contribution in [0.3, 0.4) is 0 Å². The maximum atomic E-state index is 14.4. The van der Waals surface area contributed by atoms with E-state index in [4.69, 9.17) is 32.9 Å². The zero-order chi connectivity index (χ0) is 92.1. The van der Waals surface area contributed by atoms with E-state index < -0.39 is 42.2 Å². The second kappa shape index (κ2) is 33.5. The van der Waals surface area contributed by atoms with E-state index in [1.165, 1.54) is 12.3 Å². The van der Waals surface area contributed by atoms with Crippen molar-refractivity contribution < 1.29 is 68.0 Å². The van der Waals surface area contributed by atoms with Crippen LogP contribution in [0.25, 0.3) is 111 Å². The van der Waals surface area contributed by atoms with Gasteiger partial charge in [-0.1, -0.05) is 47.6 Å². The van der Waals surface area contributed by atoms with Crippen LogP contribution in [-0.4, -0.2) is 149 Å². The fourth-order valence-corrected chi connectivity index (χ4v) is 19.9. The third kappa shape index (κ3) is 15.2. The molecule has 18 aromatic rings. The van der Waals surface area contributed by atoms with E-state index in [9.17, 15) is 35.0 Å². The summed E-state index contributed by atoms with van der Waals surface area (Å²) in [5, 5.41) is 80.4. The molecule has 682 valence electrons. The molecule has 0 saturated heterocycles. The van der Waals surface area contributed by atoms with Gasteiger partial charge in [0.05, 0.1) is 133 Å². The van der Waals surface area contributed by atoms with E-state index in [0.717, 1.165) is 253 Å². The van der Waals surface area contributed by atoms with Gasteiger partial charge >= 0.3 is 0 Å². The number of aryl methyl sites for hydroxylation is 6. The summed E-state index contributed by atoms with van der Waals surface area (Å²) in [6.07, 6.45) is 36.9. The molecule has 6 N–H and O–H groups in total. The maximum Gasteiger partial charge on any atom is 0.167 e. The Kier molecular flexibility index (Phi) is 21.3. The first kappa shape index (κ1) is 85.7. The van der Waals surface area contributed by atoms with E-state index in [1.54, 1.807) is 48.9 Å². The molecule has 21 heterocycles. The summed E-state index contributed by atoms with van der Waals surface area (Å²) in [6, 6.07) is 31.7. The van der Waals surface area contributed by atoms with Crippen LogP contribution in [-0.2, 0) is 75.1 Å². The molecule has 0 bridgehead atoms. The Labute approximate surface area is 772 Å². The van der Waals surface area contributed by atoms with Crippen molar-refractivity contribution in [2.24, 2.45) is 7.05 Å². The van der Waals surface area contributed by atoms with Gasteiger partial charge in [-0.15, -0.1) is 10.2 Å². The number of rotatable bonds is 6. The molecular formula is C104H96FN17O13. The van der Waals surface area contributed by atoms with Gasteiger partial charge in [-0.2, -0.15) is 5.10 Å². The monoisotopic (exact) mass is 1810 g/mol. The molecule has 28 rings (SSSR count). The van der Waals surface area contributed by atoms with Crippen molar-refractivity contribution in [3.63, 3.8) is 0 Å². The lowest BCUT2D eigenvalue weighted by molar-refractivity contribution is -0.0827. The fraction of sp³-hybridized carbons (Fsp3) is 0.308. The second-order valence-electron chi connectivity index (χ2n) is 36.8. The number of benzene rings is 3. The molecule has 4 spiro atoms. The SMILES string of the molecule is Cc1ncc2ccc(-c3cncc4c3COC3(CC3)C4O)cn12.Cc1ncc2ccc(-c3cncc4c3COC3(CC3)C4O)cn12.Cc1ncc2ccc(-c3cncc4c3COCC4O)cn12.Cc1nnc2ccc(-c3cncc4c3COC3(CC3)C4O)cn12.Cc1noc2ccc(-c3cccc4c3COCC4O)cc12.Cn1ncc2c(F)cc(-c3cncc4c3COC3(CC3)C4O)cc21. The van der Waals surface area contributed by atoms with Crippen LogP contribution in [0.15, 0.2) is 213 Å². The van der Waals surface area contributed by atoms with Crippen LogP contribution < -0.4 is 0 Å². The van der Waals surface area contributed by atoms with E-state index in [0.29, 0.717) is 58.2 Å². The second-order valence-corrected chi connectivity index (χ2v) is 36.8. The van der Waals surface area contributed by atoms with E-state index in [-0.39, 0.29) is 22.6 Å². The summed E-state index contributed by atoms with van der Waals surface area (Å²) in [6.45, 7) is 13.5. The Morgan fingerprint density at radius 2 is 0.748 bits per heavy atom. The van der Waals surface area contributed by atoms with E-state index >= 15 is 0 Å². The lowest BCUT2D eigenvalue weighted by Crippen LogP contribution is -2.30. The van der Waals surface area contributed by atoms with Crippen LogP contribution in [0, 0.1) is 40.4 Å². The van der Waals surface area contributed by atoms with Crippen molar-refractivity contribution in [3.8, 4) is 66.8 Å². The summed E-state index contributed by atoms with van der Waals surface area (Å²) in [5.74, 6) is 3.37. The molecule has 135 heavy (non-hydrogen) atoms. The first-order valence-electron chi connectivity index (χ1n) is 45.5. The molecule has 0 amide bonds. The Bertz CT molecular complexity index is 7230. The molecule has 4 aliphatic carbocycles. The molecule has 30 nitrogen and oxygen atoms in total. The molecule has 6 unspecified atom stereocenters. The van der Waals surface area contributed by atoms with E-state index in [2.05, 4.69) is 135 Å². The topological polar surface area (TPSA) is 367 Å². The standard InChI is InChI=1S/C18H16FN3O2.2C18H17N3O2.C17H16N4O2.C17H15NO3.C16H15N3O2/c1-22-16-5-10(4-15(19)13(16)8-21-22)11-6-20-7-12-14(11)9-24-18(2-3-18)17(12)23;2*1-11-20-6-13-3-2-12(9-21(11)13)14-7-19-8-15-16(14)10-23-18(4-5-18)17(15)22;1-10-19-20-15-3-2-11(8-21(10)15)12-6-18-7-13-14(12)9-23-17(4-5-17)16(13)22;1-10-14-7-11(5-6-17(14)21-18-10)12-3-2-4-13-15(12)8-20-9-16(13)19;1-10-18-4-12-3-2-11(7-19(10)12)13-5-17-6-14-15(13)8-21-9-16(14)20/h4-8,17,23H,2-3,9H2,1H3;2*2-3,6-9,17,22H,4-5,10H2,1H3;2-3,6-8,16,22H,4-5,9H2,1H3;2-7,16,19H,8-9H2,1H3;2-7,16,20H,8-9H2,1H3. The third-order valence-electron chi connectivity index (χ3n) is 28.6. The van der Waals surface area contributed by atoms with Crippen molar-refractivity contribution in [3.05, 3.63) is 310 Å². The molecule has 10 aliphatic rings. The average molecular weight is 1810 g/mol. The van der Waals surface area contributed by atoms with Crippen molar-refractivity contribution in [2.45, 2.75) is 185 Å².